The zero-order valence-electron chi connectivity index (χ0n) is 24.9. The molecule has 0 bridgehead atoms. The van der Waals surface area contributed by atoms with Crippen molar-refractivity contribution < 1.29 is 9.90 Å². The van der Waals surface area contributed by atoms with E-state index in [1.165, 1.54) is 11.1 Å². The maximum atomic E-state index is 11.9. The minimum atomic E-state index is -0.889. The van der Waals surface area contributed by atoms with Gasteiger partial charge in [-0.3, -0.25) is 0 Å². The number of benzene rings is 3. The smallest absolute Gasteiger partial charge is 0.130 e. The van der Waals surface area contributed by atoms with Crippen LogP contribution in [0.2, 0.25) is 5.02 Å². The first-order valence-electron chi connectivity index (χ1n) is 14.6. The molecule has 0 heterocycles. The minimum absolute atomic E-state index is 0.162. The monoisotopic (exact) mass is 599 g/mol. The normalized spacial score (nSPS) is 15.3. The van der Waals surface area contributed by atoms with E-state index in [-0.39, 0.29) is 16.4 Å². The molecule has 1 atom stereocenters. The van der Waals surface area contributed by atoms with E-state index >= 15 is 0 Å². The van der Waals surface area contributed by atoms with Gasteiger partial charge >= 0.3 is 0 Å². The Hall–Kier alpha value is -3.05. The summed E-state index contributed by atoms with van der Waals surface area (Å²) in [5, 5.41) is 11.6. The number of allylic oxidation sites excluding steroid dienone is 3. The number of aliphatic hydroxyl groups is 1. The van der Waals surface area contributed by atoms with E-state index in [4.69, 9.17) is 17.3 Å². The molecule has 3 aromatic rings. The fourth-order valence-corrected chi connectivity index (χ4v) is 7.09. The summed E-state index contributed by atoms with van der Waals surface area (Å²) in [6, 6.07) is 22.3. The molecule has 5 heteroatoms. The lowest BCUT2D eigenvalue weighted by Gasteiger charge is -2.24. The third kappa shape index (κ3) is 9.22. The van der Waals surface area contributed by atoms with Crippen LogP contribution in [0.1, 0.15) is 79.5 Å². The van der Waals surface area contributed by atoms with Gasteiger partial charge in [-0.15, -0.1) is 0 Å². The number of rotatable bonds is 14. The highest BCUT2D eigenvalue weighted by atomic mass is 35.5. The molecule has 1 aliphatic rings. The van der Waals surface area contributed by atoms with Crippen LogP contribution in [-0.2, 0) is 16.8 Å². The van der Waals surface area contributed by atoms with Crippen molar-refractivity contribution in [2.75, 3.05) is 11.5 Å². The van der Waals surface area contributed by atoms with Gasteiger partial charge in [0.25, 0.3) is 0 Å². The first kappa shape index (κ1) is 31.9. The molecule has 42 heavy (non-hydrogen) atoms. The number of Topliss-reactive ketones (excluding diaryl/α,β-unsaturated/α-hetero) is 1. The molecule has 0 spiro atoms. The summed E-state index contributed by atoms with van der Waals surface area (Å²) in [5.74, 6) is 1.27. The molecule has 3 N–H and O–H groups in total. The van der Waals surface area contributed by atoms with E-state index in [9.17, 15) is 9.90 Å². The molecule has 3 aromatic carbocycles. The second-order valence-corrected chi connectivity index (χ2v) is 13.7. The third-order valence-electron chi connectivity index (χ3n) is 7.82. The van der Waals surface area contributed by atoms with Crippen LogP contribution < -0.4 is 5.73 Å². The van der Waals surface area contributed by atoms with E-state index in [1.54, 1.807) is 13.0 Å². The van der Waals surface area contributed by atoms with Gasteiger partial charge in [0.1, 0.15) is 5.78 Å². The number of aryl methyl sites for hydroxylation is 1. The topological polar surface area (TPSA) is 63.3 Å². The zero-order chi connectivity index (χ0) is 30.3. The van der Waals surface area contributed by atoms with Gasteiger partial charge in [0.05, 0.1) is 5.60 Å². The Balaban J connectivity index is 1.50. The van der Waals surface area contributed by atoms with E-state index in [0.717, 1.165) is 53.7 Å². The average Bonchev–Trinajstić information content (AvgIpc) is 3.69. The summed E-state index contributed by atoms with van der Waals surface area (Å²) in [7, 11) is 0. The highest BCUT2D eigenvalue weighted by Gasteiger charge is 2.43. The van der Waals surface area contributed by atoms with Gasteiger partial charge in [-0.2, -0.15) is 11.8 Å². The molecule has 1 fully saturated rings. The zero-order valence-corrected chi connectivity index (χ0v) is 26.5. The molecule has 0 aliphatic heterocycles. The van der Waals surface area contributed by atoms with Gasteiger partial charge < -0.3 is 15.6 Å². The van der Waals surface area contributed by atoms with Crippen molar-refractivity contribution in [3.8, 4) is 0 Å². The summed E-state index contributed by atoms with van der Waals surface area (Å²) >= 11 is 7.99. The fraction of sp³-hybridized carbons (Fsp3) is 0.324. The average molecular weight is 600 g/mol. The number of hydrogen-bond acceptors (Lipinski definition) is 4. The van der Waals surface area contributed by atoms with Gasteiger partial charge in [-0.25, -0.2) is 0 Å². The Labute approximate surface area is 260 Å². The molecule has 0 radical (unpaired) electrons. The third-order valence-corrected chi connectivity index (χ3v) is 9.75. The first-order valence-corrected chi connectivity index (χ1v) is 16.0. The quantitative estimate of drug-likeness (QED) is 0.143. The Bertz CT molecular complexity index is 1480. The molecule has 0 saturated heterocycles. The predicted molar refractivity (Wildman–Crippen MR) is 182 cm³/mol. The van der Waals surface area contributed by atoms with Crippen molar-refractivity contribution >= 4 is 47.0 Å². The molecule has 3 nitrogen and oxygen atoms in total. The van der Waals surface area contributed by atoms with Crippen LogP contribution in [0, 0.1) is 5.41 Å². The lowest BCUT2D eigenvalue weighted by molar-refractivity contribution is -0.117. The van der Waals surface area contributed by atoms with E-state index < -0.39 is 5.60 Å². The van der Waals surface area contributed by atoms with Gasteiger partial charge in [0, 0.05) is 22.4 Å². The SMILES string of the molecule is C=C(/C=C\c1ccc(Cl)cc1N)/C=C/c1cccc([C@@H](CCc2ccccc2C(C)(C)O)SCC2(CC(C)=O)CC2)c1. The van der Waals surface area contributed by atoms with Crippen molar-refractivity contribution in [1.29, 1.82) is 0 Å². The highest BCUT2D eigenvalue weighted by Crippen LogP contribution is 2.53. The summed E-state index contributed by atoms with van der Waals surface area (Å²) < 4.78 is 0. The highest BCUT2D eigenvalue weighted by molar-refractivity contribution is 7.99. The van der Waals surface area contributed by atoms with Crippen molar-refractivity contribution in [2.24, 2.45) is 5.41 Å². The Morgan fingerprint density at radius 1 is 1.10 bits per heavy atom. The molecular formula is C37H42ClNO2S. The van der Waals surface area contributed by atoms with Crippen LogP contribution in [-0.4, -0.2) is 16.6 Å². The number of hydrogen-bond donors (Lipinski definition) is 2. The molecule has 0 aromatic heterocycles. The van der Waals surface area contributed by atoms with Crippen molar-refractivity contribution in [3.63, 3.8) is 0 Å². The predicted octanol–water partition coefficient (Wildman–Crippen LogP) is 9.60. The van der Waals surface area contributed by atoms with Crippen molar-refractivity contribution in [1.82, 2.24) is 0 Å². The summed E-state index contributed by atoms with van der Waals surface area (Å²) in [4.78, 5) is 11.9. The minimum Gasteiger partial charge on any atom is -0.398 e. The number of thioether (sulfide) groups is 1. The van der Waals surface area contributed by atoms with Crippen LogP contribution in [0.25, 0.3) is 12.2 Å². The largest absolute Gasteiger partial charge is 0.398 e. The van der Waals surface area contributed by atoms with Crippen LogP contribution in [0.15, 0.2) is 91.0 Å². The molecule has 1 saturated carbocycles. The number of nitrogens with two attached hydrogens (primary N) is 1. The Kier molecular flexibility index (Phi) is 10.6. The summed E-state index contributed by atoms with van der Waals surface area (Å²) in [6.45, 7) is 9.58. The maximum absolute atomic E-state index is 11.9. The molecular weight excluding hydrogens is 558 g/mol. The second kappa shape index (κ2) is 13.9. The van der Waals surface area contributed by atoms with Crippen LogP contribution in [0.3, 0.4) is 0 Å². The van der Waals surface area contributed by atoms with Gasteiger partial charge in [-0.1, -0.05) is 97.1 Å². The van der Waals surface area contributed by atoms with E-state index in [0.29, 0.717) is 17.1 Å². The molecule has 0 amide bonds. The van der Waals surface area contributed by atoms with Gasteiger partial charge in [-0.05, 0) is 103 Å². The van der Waals surface area contributed by atoms with E-state index in [1.807, 2.05) is 74.2 Å². The number of anilines is 1. The molecule has 4 rings (SSSR count). The molecule has 1 aliphatic carbocycles. The van der Waals surface area contributed by atoms with Crippen molar-refractivity contribution in [3.05, 3.63) is 124 Å². The Morgan fingerprint density at radius 3 is 2.52 bits per heavy atom. The number of nitrogen functional groups attached to an aromatic ring is 1. The lowest BCUT2D eigenvalue weighted by atomic mass is 9.90. The Morgan fingerprint density at radius 2 is 1.83 bits per heavy atom. The summed E-state index contributed by atoms with van der Waals surface area (Å²) in [5.41, 5.74) is 12.3. The first-order chi connectivity index (χ1) is 19.9. The fourth-order valence-electron chi connectivity index (χ4n) is 5.34. The van der Waals surface area contributed by atoms with Crippen LogP contribution >= 0.6 is 23.4 Å². The number of halogens is 1. The second-order valence-electron chi connectivity index (χ2n) is 12.1. The van der Waals surface area contributed by atoms with Gasteiger partial charge in [0.15, 0.2) is 0 Å². The summed E-state index contributed by atoms with van der Waals surface area (Å²) in [6.07, 6.45) is 12.7. The number of ketones is 1. The van der Waals surface area contributed by atoms with Gasteiger partial charge in [0.2, 0.25) is 0 Å². The standard InChI is InChI=1S/C37H42ClNO2S/c1-26(13-15-30-16-18-32(38)23-34(30)39)12-14-28-8-7-10-31(22-28)35(42-25-37(20-21-37)24-27(2)40)19-17-29-9-5-6-11-33(29)36(3,4)41/h5-16,18,22-23,35,41H,1,17,19-21,24-25,39H2,2-4H3/b14-12+,15-13-/t35-/m1/s1. The number of carbonyl (C=O) groups excluding carboxylic acids is 1. The molecule has 0 unspecified atom stereocenters. The van der Waals surface area contributed by atoms with Crippen LogP contribution in [0.5, 0.6) is 0 Å². The van der Waals surface area contributed by atoms with Crippen molar-refractivity contribution in [2.45, 2.75) is 63.7 Å². The van der Waals surface area contributed by atoms with Crippen LogP contribution in [0.4, 0.5) is 5.69 Å². The number of carbonyl (C=O) groups is 1. The van der Waals surface area contributed by atoms with E-state index in [2.05, 4.69) is 43.0 Å². The maximum Gasteiger partial charge on any atom is 0.130 e. The lowest BCUT2D eigenvalue weighted by Crippen LogP contribution is -2.18. The molecule has 220 valence electrons.